The summed E-state index contributed by atoms with van der Waals surface area (Å²) in [5.74, 6) is 0. The molecular formula is C10H15NOS. The molecule has 0 amide bonds. The number of hydrogen-bond acceptors (Lipinski definition) is 3. The quantitative estimate of drug-likeness (QED) is 0.772. The van der Waals surface area contributed by atoms with E-state index in [0.29, 0.717) is 12.6 Å². The lowest BCUT2D eigenvalue weighted by Crippen LogP contribution is -2.22. The zero-order chi connectivity index (χ0) is 9.26. The van der Waals surface area contributed by atoms with E-state index in [1.807, 2.05) is 6.07 Å². The Balaban J connectivity index is 1.84. The fourth-order valence-corrected chi connectivity index (χ4v) is 2.16. The van der Waals surface area contributed by atoms with E-state index < -0.39 is 0 Å². The maximum absolute atomic E-state index is 9.76. The number of hydrogen-bond donors (Lipinski definition) is 2. The van der Waals surface area contributed by atoms with Crippen molar-refractivity contribution in [3.8, 4) is 0 Å². The van der Waals surface area contributed by atoms with Crippen LogP contribution in [0, 0.1) is 6.92 Å². The molecule has 0 saturated heterocycles. The molecule has 1 heterocycles. The SMILES string of the molecule is Cc1ccc(C(O)CNC2CC2)s1. The molecule has 0 radical (unpaired) electrons. The van der Waals surface area contributed by atoms with Gasteiger partial charge in [0, 0.05) is 22.3 Å². The second-order valence-corrected chi connectivity index (χ2v) is 4.97. The van der Waals surface area contributed by atoms with E-state index in [9.17, 15) is 5.11 Å². The van der Waals surface area contributed by atoms with Crippen LogP contribution in [-0.2, 0) is 0 Å². The molecule has 1 aliphatic carbocycles. The van der Waals surface area contributed by atoms with Crippen LogP contribution in [0.2, 0.25) is 0 Å². The average Bonchev–Trinajstić information content (AvgIpc) is 2.84. The van der Waals surface area contributed by atoms with Crippen LogP contribution in [-0.4, -0.2) is 17.7 Å². The molecule has 1 saturated carbocycles. The second-order valence-electron chi connectivity index (χ2n) is 3.65. The summed E-state index contributed by atoms with van der Waals surface area (Å²) in [5.41, 5.74) is 0. The van der Waals surface area contributed by atoms with Gasteiger partial charge in [-0.2, -0.15) is 0 Å². The van der Waals surface area contributed by atoms with Crippen molar-refractivity contribution >= 4 is 11.3 Å². The Kier molecular flexibility index (Phi) is 2.67. The van der Waals surface area contributed by atoms with E-state index in [4.69, 9.17) is 0 Å². The highest BCUT2D eigenvalue weighted by Gasteiger charge is 2.21. The van der Waals surface area contributed by atoms with Gasteiger partial charge in [0.25, 0.3) is 0 Å². The van der Waals surface area contributed by atoms with Crippen molar-refractivity contribution < 1.29 is 5.11 Å². The van der Waals surface area contributed by atoms with Crippen molar-refractivity contribution in [3.63, 3.8) is 0 Å². The molecule has 1 aliphatic rings. The molecule has 1 unspecified atom stereocenters. The highest BCUT2D eigenvalue weighted by Crippen LogP contribution is 2.24. The van der Waals surface area contributed by atoms with Crippen LogP contribution in [0.4, 0.5) is 0 Å². The lowest BCUT2D eigenvalue weighted by molar-refractivity contribution is 0.178. The van der Waals surface area contributed by atoms with Crippen molar-refractivity contribution in [2.45, 2.75) is 31.9 Å². The van der Waals surface area contributed by atoms with E-state index in [1.54, 1.807) is 11.3 Å². The number of nitrogens with one attached hydrogen (secondary N) is 1. The van der Waals surface area contributed by atoms with Gasteiger partial charge >= 0.3 is 0 Å². The Hall–Kier alpha value is -0.380. The minimum atomic E-state index is -0.320. The standard InChI is InChI=1S/C10H15NOS/c1-7-2-5-10(13-7)9(12)6-11-8-3-4-8/h2,5,8-9,11-12H,3-4,6H2,1H3. The van der Waals surface area contributed by atoms with Crippen LogP contribution < -0.4 is 5.32 Å². The van der Waals surface area contributed by atoms with E-state index in [0.717, 1.165) is 4.88 Å². The molecule has 0 bridgehead atoms. The molecule has 2 rings (SSSR count). The first-order valence-electron chi connectivity index (χ1n) is 4.73. The number of aliphatic hydroxyl groups excluding tert-OH is 1. The van der Waals surface area contributed by atoms with E-state index in [1.165, 1.54) is 17.7 Å². The molecule has 1 fully saturated rings. The lowest BCUT2D eigenvalue weighted by Gasteiger charge is -2.08. The summed E-state index contributed by atoms with van der Waals surface area (Å²) in [6.07, 6.45) is 2.23. The predicted molar refractivity (Wildman–Crippen MR) is 55.0 cm³/mol. The third-order valence-electron chi connectivity index (χ3n) is 2.27. The first-order chi connectivity index (χ1) is 6.25. The van der Waals surface area contributed by atoms with Gasteiger partial charge in [-0.15, -0.1) is 11.3 Å². The Morgan fingerprint density at radius 3 is 2.92 bits per heavy atom. The van der Waals surface area contributed by atoms with Gasteiger partial charge in [0.05, 0.1) is 0 Å². The van der Waals surface area contributed by atoms with Crippen LogP contribution in [0.25, 0.3) is 0 Å². The summed E-state index contributed by atoms with van der Waals surface area (Å²) in [5, 5.41) is 13.1. The summed E-state index contributed by atoms with van der Waals surface area (Å²) in [7, 11) is 0. The molecule has 2 N–H and O–H groups in total. The van der Waals surface area contributed by atoms with Crippen molar-refractivity contribution in [2.24, 2.45) is 0 Å². The van der Waals surface area contributed by atoms with Crippen LogP contribution in [0.3, 0.4) is 0 Å². The summed E-state index contributed by atoms with van der Waals surface area (Å²) in [6, 6.07) is 4.75. The molecular weight excluding hydrogens is 182 g/mol. The number of aliphatic hydroxyl groups is 1. The fourth-order valence-electron chi connectivity index (χ4n) is 1.30. The minimum Gasteiger partial charge on any atom is -0.386 e. The van der Waals surface area contributed by atoms with Crippen molar-refractivity contribution in [2.75, 3.05) is 6.54 Å². The zero-order valence-electron chi connectivity index (χ0n) is 7.79. The van der Waals surface area contributed by atoms with Gasteiger partial charge in [-0.05, 0) is 31.9 Å². The second kappa shape index (κ2) is 3.78. The van der Waals surface area contributed by atoms with Crippen molar-refractivity contribution in [3.05, 3.63) is 21.9 Å². The van der Waals surface area contributed by atoms with Gasteiger partial charge in [-0.3, -0.25) is 0 Å². The molecule has 0 aromatic carbocycles. The molecule has 0 spiro atoms. The largest absolute Gasteiger partial charge is 0.386 e. The van der Waals surface area contributed by atoms with Gasteiger partial charge in [-0.25, -0.2) is 0 Å². The van der Waals surface area contributed by atoms with E-state index in [2.05, 4.69) is 18.3 Å². The van der Waals surface area contributed by atoms with Crippen LogP contribution >= 0.6 is 11.3 Å². The Labute approximate surface area is 82.6 Å². The highest BCUT2D eigenvalue weighted by atomic mass is 32.1. The first-order valence-corrected chi connectivity index (χ1v) is 5.55. The smallest absolute Gasteiger partial charge is 0.101 e. The van der Waals surface area contributed by atoms with E-state index in [-0.39, 0.29) is 6.10 Å². The van der Waals surface area contributed by atoms with Crippen molar-refractivity contribution in [1.82, 2.24) is 5.32 Å². The Morgan fingerprint density at radius 2 is 2.38 bits per heavy atom. The predicted octanol–water partition coefficient (Wildman–Crippen LogP) is 1.84. The first kappa shape index (κ1) is 9.19. The Morgan fingerprint density at radius 1 is 1.62 bits per heavy atom. The number of rotatable bonds is 4. The number of aryl methyl sites for hydroxylation is 1. The summed E-state index contributed by atoms with van der Waals surface area (Å²) >= 11 is 1.68. The van der Waals surface area contributed by atoms with Gasteiger partial charge < -0.3 is 10.4 Å². The molecule has 2 nitrogen and oxygen atoms in total. The molecule has 0 aliphatic heterocycles. The maximum Gasteiger partial charge on any atom is 0.101 e. The van der Waals surface area contributed by atoms with Crippen molar-refractivity contribution in [1.29, 1.82) is 0 Å². The van der Waals surface area contributed by atoms with Gasteiger partial charge in [0.2, 0.25) is 0 Å². The molecule has 72 valence electrons. The molecule has 1 aromatic heterocycles. The normalized spacial score (nSPS) is 18.9. The minimum absolute atomic E-state index is 0.320. The lowest BCUT2D eigenvalue weighted by atomic mass is 10.3. The highest BCUT2D eigenvalue weighted by molar-refractivity contribution is 7.12. The van der Waals surface area contributed by atoms with Gasteiger partial charge in [0.1, 0.15) is 6.10 Å². The van der Waals surface area contributed by atoms with Gasteiger partial charge in [0.15, 0.2) is 0 Å². The fraction of sp³-hybridized carbons (Fsp3) is 0.600. The Bertz CT molecular complexity index is 280. The van der Waals surface area contributed by atoms with E-state index >= 15 is 0 Å². The summed E-state index contributed by atoms with van der Waals surface area (Å²) < 4.78 is 0. The topological polar surface area (TPSA) is 32.3 Å². The van der Waals surface area contributed by atoms with Crippen LogP contribution in [0.1, 0.15) is 28.7 Å². The third-order valence-corrected chi connectivity index (χ3v) is 3.37. The third kappa shape index (κ3) is 2.53. The van der Waals surface area contributed by atoms with Crippen LogP contribution in [0.5, 0.6) is 0 Å². The molecule has 1 aromatic rings. The molecule has 3 heteroatoms. The monoisotopic (exact) mass is 197 g/mol. The maximum atomic E-state index is 9.76. The zero-order valence-corrected chi connectivity index (χ0v) is 8.60. The molecule has 13 heavy (non-hydrogen) atoms. The number of thiophene rings is 1. The van der Waals surface area contributed by atoms with Crippen LogP contribution in [0.15, 0.2) is 12.1 Å². The molecule has 1 atom stereocenters. The summed E-state index contributed by atoms with van der Waals surface area (Å²) in [4.78, 5) is 2.34. The summed E-state index contributed by atoms with van der Waals surface area (Å²) in [6.45, 7) is 2.76. The average molecular weight is 197 g/mol. The van der Waals surface area contributed by atoms with Gasteiger partial charge in [-0.1, -0.05) is 0 Å².